The molecule has 1 fully saturated rings. The maximum Gasteiger partial charge on any atom is 0.245 e. The van der Waals surface area contributed by atoms with E-state index in [0.717, 1.165) is 0 Å². The Morgan fingerprint density at radius 1 is 1.53 bits per heavy atom. The highest BCUT2D eigenvalue weighted by Crippen LogP contribution is 2.31. The van der Waals surface area contributed by atoms with Crippen LogP contribution in [0.1, 0.15) is 12.8 Å². The first kappa shape index (κ1) is 13.3. The molecule has 0 bridgehead atoms. The molecule has 0 aliphatic carbocycles. The van der Waals surface area contributed by atoms with Crippen LogP contribution < -0.4 is 10.1 Å². The lowest BCUT2D eigenvalue weighted by Gasteiger charge is -2.29. The van der Waals surface area contributed by atoms with Crippen LogP contribution in [0.3, 0.4) is 0 Å². The average molecular weight is 261 g/mol. The second-order valence-corrected chi connectivity index (χ2v) is 4.35. The fraction of sp³-hybridized carbons (Fsp3) is 0.462. The van der Waals surface area contributed by atoms with E-state index in [1.165, 1.54) is 13.3 Å². The predicted octanol–water partition coefficient (Wildman–Crippen LogP) is 1.35. The minimum atomic E-state index is -1.00. The first-order valence-corrected chi connectivity index (χ1v) is 6.01. The summed E-state index contributed by atoms with van der Waals surface area (Å²) >= 11 is 0. The molecule has 1 N–H and O–H groups in total. The zero-order valence-electron chi connectivity index (χ0n) is 10.7. The summed E-state index contributed by atoms with van der Waals surface area (Å²) in [7, 11) is 1.52. The van der Waals surface area contributed by atoms with Gasteiger partial charge in [0.1, 0.15) is 5.41 Å². The lowest BCUT2D eigenvalue weighted by molar-refractivity contribution is -0.126. The molecular weight excluding hydrogens is 246 g/mol. The number of anilines is 1. The summed E-state index contributed by atoms with van der Waals surface area (Å²) in [5.74, 6) is 0.171. The van der Waals surface area contributed by atoms with E-state index in [0.29, 0.717) is 37.6 Å². The number of nitriles is 1. The number of aromatic nitrogens is 1. The van der Waals surface area contributed by atoms with E-state index in [1.54, 1.807) is 12.1 Å². The molecule has 2 rings (SSSR count). The van der Waals surface area contributed by atoms with Crippen molar-refractivity contribution in [3.8, 4) is 11.9 Å². The van der Waals surface area contributed by atoms with Gasteiger partial charge >= 0.3 is 0 Å². The van der Waals surface area contributed by atoms with Crippen LogP contribution in [0.15, 0.2) is 18.3 Å². The van der Waals surface area contributed by atoms with Crippen molar-refractivity contribution in [2.75, 3.05) is 25.6 Å². The lowest BCUT2D eigenvalue weighted by Crippen LogP contribution is -2.39. The molecule has 6 nitrogen and oxygen atoms in total. The molecule has 100 valence electrons. The van der Waals surface area contributed by atoms with E-state index in [4.69, 9.17) is 9.47 Å². The summed E-state index contributed by atoms with van der Waals surface area (Å²) in [5.41, 5.74) is -0.454. The molecule has 1 aromatic rings. The maximum absolute atomic E-state index is 12.2. The van der Waals surface area contributed by atoms with Gasteiger partial charge in [-0.05, 0) is 18.9 Å². The van der Waals surface area contributed by atoms with E-state index >= 15 is 0 Å². The van der Waals surface area contributed by atoms with Crippen LogP contribution in [0, 0.1) is 16.7 Å². The van der Waals surface area contributed by atoms with E-state index in [-0.39, 0.29) is 5.91 Å². The summed E-state index contributed by atoms with van der Waals surface area (Å²) in [6.07, 6.45) is 2.33. The molecule has 0 unspecified atom stereocenters. The number of carbonyl (C=O) groups excluding carboxylic acids is 1. The second-order valence-electron chi connectivity index (χ2n) is 4.35. The molecule has 0 spiro atoms. The Morgan fingerprint density at radius 3 is 2.79 bits per heavy atom. The Hall–Kier alpha value is -2.13. The number of pyridine rings is 1. The minimum absolute atomic E-state index is 0.301. The van der Waals surface area contributed by atoms with Crippen LogP contribution in [0.5, 0.6) is 5.88 Å². The first-order valence-electron chi connectivity index (χ1n) is 6.01. The summed E-state index contributed by atoms with van der Waals surface area (Å²) < 4.78 is 10.1. The highest BCUT2D eigenvalue weighted by atomic mass is 16.5. The van der Waals surface area contributed by atoms with Gasteiger partial charge in [0.05, 0.1) is 25.1 Å². The van der Waals surface area contributed by atoms with Gasteiger partial charge in [0.2, 0.25) is 11.8 Å². The van der Waals surface area contributed by atoms with E-state index in [2.05, 4.69) is 16.4 Å². The smallest absolute Gasteiger partial charge is 0.245 e. The van der Waals surface area contributed by atoms with Gasteiger partial charge in [-0.15, -0.1) is 0 Å². The van der Waals surface area contributed by atoms with Crippen LogP contribution in [-0.4, -0.2) is 31.2 Å². The van der Waals surface area contributed by atoms with E-state index < -0.39 is 5.41 Å². The zero-order chi connectivity index (χ0) is 13.7. The van der Waals surface area contributed by atoms with Crippen molar-refractivity contribution in [3.63, 3.8) is 0 Å². The largest absolute Gasteiger partial charge is 0.481 e. The number of nitrogens with zero attached hydrogens (tertiary/aromatic N) is 2. The second kappa shape index (κ2) is 5.67. The molecule has 1 aliphatic rings. The van der Waals surface area contributed by atoms with Crippen molar-refractivity contribution >= 4 is 11.6 Å². The first-order chi connectivity index (χ1) is 9.20. The summed E-state index contributed by atoms with van der Waals surface area (Å²) in [6, 6.07) is 5.46. The fourth-order valence-electron chi connectivity index (χ4n) is 1.94. The third kappa shape index (κ3) is 2.83. The van der Waals surface area contributed by atoms with Gasteiger partial charge in [-0.3, -0.25) is 4.79 Å². The molecular formula is C13H15N3O3. The van der Waals surface area contributed by atoms with Crippen LogP contribution in [0.2, 0.25) is 0 Å². The number of ether oxygens (including phenoxy) is 2. The average Bonchev–Trinajstić information content (AvgIpc) is 2.48. The van der Waals surface area contributed by atoms with Crippen molar-refractivity contribution in [3.05, 3.63) is 18.3 Å². The molecule has 0 aromatic carbocycles. The third-order valence-corrected chi connectivity index (χ3v) is 3.20. The van der Waals surface area contributed by atoms with Crippen molar-refractivity contribution in [2.45, 2.75) is 12.8 Å². The molecule has 1 aliphatic heterocycles. The summed E-state index contributed by atoms with van der Waals surface area (Å²) in [4.78, 5) is 16.2. The molecule has 1 saturated heterocycles. The van der Waals surface area contributed by atoms with E-state index in [9.17, 15) is 10.1 Å². The molecule has 2 heterocycles. The molecule has 0 atom stereocenters. The highest BCUT2D eigenvalue weighted by Gasteiger charge is 2.40. The van der Waals surface area contributed by atoms with Gasteiger partial charge in [-0.25, -0.2) is 4.98 Å². The van der Waals surface area contributed by atoms with Crippen LogP contribution in [0.4, 0.5) is 5.69 Å². The molecule has 6 heteroatoms. The highest BCUT2D eigenvalue weighted by molar-refractivity contribution is 5.97. The number of methoxy groups -OCH3 is 1. The summed E-state index contributed by atoms with van der Waals surface area (Å²) in [5, 5.41) is 12.0. The number of carbonyl (C=O) groups is 1. The van der Waals surface area contributed by atoms with Crippen molar-refractivity contribution in [1.82, 2.24) is 4.98 Å². The molecule has 1 amide bonds. The van der Waals surface area contributed by atoms with E-state index in [1.807, 2.05) is 0 Å². The maximum atomic E-state index is 12.2. The Bertz CT molecular complexity index is 487. The number of nitrogens with one attached hydrogen (secondary N) is 1. The van der Waals surface area contributed by atoms with Crippen molar-refractivity contribution in [2.24, 2.45) is 5.41 Å². The van der Waals surface area contributed by atoms with Crippen LogP contribution in [-0.2, 0) is 9.53 Å². The lowest BCUT2D eigenvalue weighted by atomic mass is 9.81. The Kier molecular flexibility index (Phi) is 3.97. The van der Waals surface area contributed by atoms with Crippen molar-refractivity contribution < 1.29 is 14.3 Å². The van der Waals surface area contributed by atoms with Gasteiger partial charge in [0, 0.05) is 19.3 Å². The Labute approximate surface area is 111 Å². The molecule has 0 saturated carbocycles. The minimum Gasteiger partial charge on any atom is -0.481 e. The molecule has 19 heavy (non-hydrogen) atoms. The van der Waals surface area contributed by atoms with Gasteiger partial charge in [-0.1, -0.05) is 0 Å². The quantitative estimate of drug-likeness (QED) is 0.887. The summed E-state index contributed by atoms with van der Waals surface area (Å²) in [6.45, 7) is 0.865. The van der Waals surface area contributed by atoms with Gasteiger partial charge in [0.25, 0.3) is 0 Å². The molecule has 0 radical (unpaired) electrons. The number of hydrogen-bond acceptors (Lipinski definition) is 5. The normalized spacial score (nSPS) is 17.3. The van der Waals surface area contributed by atoms with Crippen molar-refractivity contribution in [1.29, 1.82) is 5.26 Å². The van der Waals surface area contributed by atoms with Gasteiger partial charge in [0.15, 0.2) is 0 Å². The standard InChI is InChI=1S/C13H15N3O3/c1-18-11-3-2-10(8-15-11)16-12(17)13(9-14)4-6-19-7-5-13/h2-3,8H,4-7H2,1H3,(H,16,17). The van der Waals surface area contributed by atoms with Crippen LogP contribution >= 0.6 is 0 Å². The monoisotopic (exact) mass is 261 g/mol. The number of hydrogen-bond donors (Lipinski definition) is 1. The zero-order valence-corrected chi connectivity index (χ0v) is 10.7. The fourth-order valence-corrected chi connectivity index (χ4v) is 1.94. The molecule has 1 aromatic heterocycles. The number of amides is 1. The predicted molar refractivity (Wildman–Crippen MR) is 67.5 cm³/mol. The van der Waals surface area contributed by atoms with Gasteiger partial charge < -0.3 is 14.8 Å². The number of rotatable bonds is 3. The third-order valence-electron chi connectivity index (χ3n) is 3.20. The van der Waals surface area contributed by atoms with Crippen LogP contribution in [0.25, 0.3) is 0 Å². The Balaban J connectivity index is 2.08. The topological polar surface area (TPSA) is 84.2 Å². The SMILES string of the molecule is COc1ccc(NC(=O)C2(C#N)CCOCC2)cn1. The Morgan fingerprint density at radius 2 is 2.26 bits per heavy atom. The van der Waals surface area contributed by atoms with Gasteiger partial charge in [-0.2, -0.15) is 5.26 Å².